The molecule has 27 heavy (non-hydrogen) atoms. The van der Waals surface area contributed by atoms with Gasteiger partial charge in [0.2, 0.25) is 0 Å². The molecule has 0 radical (unpaired) electrons. The first-order chi connectivity index (χ1) is 13.0. The van der Waals surface area contributed by atoms with E-state index in [1.807, 2.05) is 0 Å². The molecule has 152 valence electrons. The molecule has 2 atom stereocenters. The summed E-state index contributed by atoms with van der Waals surface area (Å²) in [7, 11) is -0.322. The molecule has 1 heterocycles. The summed E-state index contributed by atoms with van der Waals surface area (Å²) >= 11 is 0. The number of benzene rings is 1. The lowest BCUT2D eigenvalue weighted by Crippen LogP contribution is -2.57. The Labute approximate surface area is 163 Å². The highest BCUT2D eigenvalue weighted by Crippen LogP contribution is 2.34. The van der Waals surface area contributed by atoms with Gasteiger partial charge in [0, 0.05) is 26.2 Å². The van der Waals surface area contributed by atoms with Gasteiger partial charge in [0.15, 0.2) is 0 Å². The van der Waals surface area contributed by atoms with Crippen molar-refractivity contribution in [3.05, 3.63) is 35.9 Å². The fraction of sp³-hybridized carbons (Fsp3) is 0.700. The third-order valence-corrected chi connectivity index (χ3v) is 7.38. The van der Waals surface area contributed by atoms with E-state index in [-0.39, 0.29) is 18.2 Å². The van der Waals surface area contributed by atoms with Crippen LogP contribution < -0.4 is 10.0 Å². The zero-order valence-corrected chi connectivity index (χ0v) is 17.2. The molecule has 0 unspecified atom stereocenters. The monoisotopic (exact) mass is 395 g/mol. The molecule has 0 aromatic heterocycles. The number of ether oxygens (including phenoxy) is 1. The minimum Gasteiger partial charge on any atom is -0.377 e. The molecule has 0 bridgehead atoms. The molecular formula is C20H33N3O3S. The molecule has 7 heteroatoms. The van der Waals surface area contributed by atoms with Crippen LogP contribution in [0.1, 0.15) is 50.0 Å². The van der Waals surface area contributed by atoms with Crippen LogP contribution in [0, 0.1) is 0 Å². The molecular weight excluding hydrogens is 362 g/mol. The summed E-state index contributed by atoms with van der Waals surface area (Å²) < 4.78 is 34.6. The van der Waals surface area contributed by atoms with Crippen molar-refractivity contribution in [1.29, 1.82) is 0 Å². The summed E-state index contributed by atoms with van der Waals surface area (Å²) in [4.78, 5) is 0. The zero-order valence-electron chi connectivity index (χ0n) is 16.4. The molecule has 6 nitrogen and oxygen atoms in total. The molecule has 1 saturated carbocycles. The summed E-state index contributed by atoms with van der Waals surface area (Å²) in [6.45, 7) is 1.47. The van der Waals surface area contributed by atoms with Crippen molar-refractivity contribution < 1.29 is 13.2 Å². The molecule has 2 fully saturated rings. The highest BCUT2D eigenvalue weighted by atomic mass is 32.2. The minimum atomic E-state index is -3.42. The van der Waals surface area contributed by atoms with E-state index in [1.165, 1.54) is 9.87 Å². The maximum atomic E-state index is 12.2. The van der Waals surface area contributed by atoms with Gasteiger partial charge in [-0.1, -0.05) is 30.3 Å². The molecule has 1 aliphatic carbocycles. The largest absolute Gasteiger partial charge is 0.377 e. The Balaban J connectivity index is 1.47. The SMILES string of the molecule is CN(C)S(=O)(=O)N[C@H]1CCCN[C@H]1CO[C@H]1CC[C@@H](c2ccccc2)CC1. The van der Waals surface area contributed by atoms with E-state index in [2.05, 4.69) is 40.4 Å². The van der Waals surface area contributed by atoms with Crippen molar-refractivity contribution >= 4 is 10.2 Å². The summed E-state index contributed by atoms with van der Waals surface area (Å²) in [5.74, 6) is 0.638. The van der Waals surface area contributed by atoms with Gasteiger partial charge in [-0.15, -0.1) is 0 Å². The summed E-state index contributed by atoms with van der Waals surface area (Å²) in [6, 6.07) is 10.6. The fourth-order valence-corrected chi connectivity index (χ4v) is 4.97. The van der Waals surface area contributed by atoms with Gasteiger partial charge in [0.25, 0.3) is 10.2 Å². The van der Waals surface area contributed by atoms with Gasteiger partial charge in [-0.2, -0.15) is 17.4 Å². The van der Waals surface area contributed by atoms with E-state index in [0.717, 1.165) is 45.1 Å². The van der Waals surface area contributed by atoms with Crippen LogP contribution in [0.2, 0.25) is 0 Å². The molecule has 1 saturated heterocycles. The van der Waals surface area contributed by atoms with Gasteiger partial charge in [0.1, 0.15) is 0 Å². The van der Waals surface area contributed by atoms with Crippen LogP contribution in [-0.4, -0.2) is 58.2 Å². The number of hydrogen-bond donors (Lipinski definition) is 2. The highest BCUT2D eigenvalue weighted by molar-refractivity contribution is 7.87. The Morgan fingerprint density at radius 1 is 1.11 bits per heavy atom. The average molecular weight is 396 g/mol. The minimum absolute atomic E-state index is 0.0281. The molecule has 1 aromatic rings. The molecule has 1 aliphatic heterocycles. The third-order valence-electron chi connectivity index (χ3n) is 5.82. The Hall–Kier alpha value is -0.990. The van der Waals surface area contributed by atoms with Gasteiger partial charge in [-0.05, 0) is 56.6 Å². The molecule has 0 amide bonds. The Kier molecular flexibility index (Phi) is 7.28. The van der Waals surface area contributed by atoms with E-state index >= 15 is 0 Å². The summed E-state index contributed by atoms with van der Waals surface area (Å²) in [6.07, 6.45) is 6.54. The number of hydrogen-bond acceptors (Lipinski definition) is 4. The van der Waals surface area contributed by atoms with E-state index in [4.69, 9.17) is 4.74 Å². The molecule has 2 N–H and O–H groups in total. The summed E-state index contributed by atoms with van der Waals surface area (Å²) in [5.41, 5.74) is 1.43. The van der Waals surface area contributed by atoms with Crippen molar-refractivity contribution in [2.24, 2.45) is 0 Å². The van der Waals surface area contributed by atoms with Crippen LogP contribution in [0.4, 0.5) is 0 Å². The maximum absolute atomic E-state index is 12.2. The molecule has 3 rings (SSSR count). The maximum Gasteiger partial charge on any atom is 0.279 e. The Bertz CT molecular complexity index is 673. The predicted molar refractivity (Wildman–Crippen MR) is 108 cm³/mol. The second-order valence-corrected chi connectivity index (χ2v) is 9.85. The van der Waals surface area contributed by atoms with E-state index < -0.39 is 10.2 Å². The fourth-order valence-electron chi connectivity index (χ4n) is 4.09. The topological polar surface area (TPSA) is 70.7 Å². The van der Waals surface area contributed by atoms with Gasteiger partial charge in [0.05, 0.1) is 12.7 Å². The quantitative estimate of drug-likeness (QED) is 0.743. The standard InChI is InChI=1S/C20H33N3O3S/c1-23(2)27(24,25)22-19-9-6-14-21-20(19)15-26-18-12-10-17(11-13-18)16-7-4-3-5-8-16/h3-5,7-8,17-22H,6,9-15H2,1-2H3/t17-,18+,19-,20-/m0/s1. The lowest BCUT2D eigenvalue weighted by Gasteiger charge is -2.35. The van der Waals surface area contributed by atoms with Crippen LogP contribution in [0.15, 0.2) is 30.3 Å². The van der Waals surface area contributed by atoms with Crippen LogP contribution in [0.25, 0.3) is 0 Å². The third kappa shape index (κ3) is 5.74. The molecule has 0 spiro atoms. The second-order valence-electron chi connectivity index (χ2n) is 7.93. The van der Waals surface area contributed by atoms with Crippen molar-refractivity contribution in [3.63, 3.8) is 0 Å². The average Bonchev–Trinajstić information content (AvgIpc) is 2.68. The van der Waals surface area contributed by atoms with Crippen LogP contribution in [0.3, 0.4) is 0 Å². The first-order valence-corrected chi connectivity index (χ1v) is 11.5. The number of nitrogens with one attached hydrogen (secondary N) is 2. The van der Waals surface area contributed by atoms with Gasteiger partial charge in [-0.25, -0.2) is 0 Å². The van der Waals surface area contributed by atoms with Crippen molar-refractivity contribution in [2.45, 2.75) is 62.6 Å². The second kappa shape index (κ2) is 9.47. The van der Waals surface area contributed by atoms with Crippen LogP contribution >= 0.6 is 0 Å². The van der Waals surface area contributed by atoms with E-state index in [1.54, 1.807) is 14.1 Å². The predicted octanol–water partition coefficient (Wildman–Crippen LogP) is 2.25. The summed E-state index contributed by atoms with van der Waals surface area (Å²) in [5, 5.41) is 3.43. The van der Waals surface area contributed by atoms with Gasteiger partial charge >= 0.3 is 0 Å². The Morgan fingerprint density at radius 3 is 2.48 bits per heavy atom. The van der Waals surface area contributed by atoms with Crippen molar-refractivity contribution in [3.8, 4) is 0 Å². The normalized spacial score (nSPS) is 29.7. The van der Waals surface area contributed by atoms with Crippen molar-refractivity contribution in [1.82, 2.24) is 14.3 Å². The lowest BCUT2D eigenvalue weighted by atomic mass is 9.83. The van der Waals surface area contributed by atoms with Gasteiger partial charge in [-0.3, -0.25) is 0 Å². The number of nitrogens with zero attached hydrogens (tertiary/aromatic N) is 1. The van der Waals surface area contributed by atoms with Crippen LogP contribution in [-0.2, 0) is 14.9 Å². The molecule has 1 aromatic carbocycles. The van der Waals surface area contributed by atoms with Crippen molar-refractivity contribution in [2.75, 3.05) is 27.2 Å². The van der Waals surface area contributed by atoms with E-state index in [0.29, 0.717) is 12.5 Å². The van der Waals surface area contributed by atoms with E-state index in [9.17, 15) is 8.42 Å². The smallest absolute Gasteiger partial charge is 0.279 e. The lowest BCUT2D eigenvalue weighted by molar-refractivity contribution is 0.00516. The number of rotatable bonds is 7. The first kappa shape index (κ1) is 20.7. The van der Waals surface area contributed by atoms with Gasteiger partial charge < -0.3 is 10.1 Å². The first-order valence-electron chi connectivity index (χ1n) is 10.1. The number of piperidine rings is 1. The zero-order chi connectivity index (χ0) is 19.3. The molecule has 2 aliphatic rings. The highest BCUT2D eigenvalue weighted by Gasteiger charge is 2.31. The Morgan fingerprint density at radius 2 is 1.81 bits per heavy atom. The van der Waals surface area contributed by atoms with Crippen LogP contribution in [0.5, 0.6) is 0 Å².